The Morgan fingerprint density at radius 1 is 1.33 bits per heavy atom. The molecule has 0 bridgehead atoms. The number of aryl methyl sites for hydroxylation is 1. The lowest BCUT2D eigenvalue weighted by Gasteiger charge is -1.99. The number of ether oxygens (including phenoxy) is 1. The van der Waals surface area contributed by atoms with Crippen LogP contribution in [0.2, 0.25) is 0 Å². The van der Waals surface area contributed by atoms with Crippen molar-refractivity contribution in [3.05, 3.63) is 29.4 Å². The topological polar surface area (TPSA) is 72.8 Å². The van der Waals surface area contributed by atoms with Crippen LogP contribution in [0.15, 0.2) is 28.8 Å². The number of methoxy groups -OCH3 is 1. The van der Waals surface area contributed by atoms with Gasteiger partial charge in [0.05, 0.1) is 18.7 Å². The zero-order valence-corrected chi connectivity index (χ0v) is 12.1. The number of furan rings is 1. The highest BCUT2D eigenvalue weighted by Crippen LogP contribution is 2.36. The number of benzene rings is 1. The lowest BCUT2D eigenvalue weighted by Crippen LogP contribution is -1.81. The molecule has 21 heavy (non-hydrogen) atoms. The average Bonchev–Trinajstić information content (AvgIpc) is 3.09. The molecule has 1 N–H and O–H groups in total. The van der Waals surface area contributed by atoms with Crippen molar-refractivity contribution in [1.82, 2.24) is 14.6 Å². The molecule has 0 saturated carbocycles. The van der Waals surface area contributed by atoms with Crippen LogP contribution in [-0.2, 0) is 0 Å². The first-order valence-electron chi connectivity index (χ1n) is 6.28. The molecule has 0 aliphatic rings. The molecule has 0 spiro atoms. The van der Waals surface area contributed by atoms with Crippen LogP contribution in [0.3, 0.4) is 0 Å². The van der Waals surface area contributed by atoms with E-state index in [9.17, 15) is 5.11 Å². The molecule has 6 nitrogen and oxygen atoms in total. The fourth-order valence-electron chi connectivity index (χ4n) is 2.26. The van der Waals surface area contributed by atoms with Crippen molar-refractivity contribution in [2.75, 3.05) is 7.11 Å². The maximum Gasteiger partial charge on any atom is 0.212 e. The molecule has 7 heteroatoms. The highest BCUT2D eigenvalue weighted by atomic mass is 32.1. The highest BCUT2D eigenvalue weighted by molar-refractivity contribution is 7.16. The number of rotatable bonds is 2. The van der Waals surface area contributed by atoms with Crippen LogP contribution in [0.1, 0.15) is 5.01 Å². The molecule has 4 rings (SSSR count). The predicted octanol–water partition coefficient (Wildman–Crippen LogP) is 3.23. The van der Waals surface area contributed by atoms with Gasteiger partial charge in [-0.3, -0.25) is 0 Å². The molecule has 0 atom stereocenters. The summed E-state index contributed by atoms with van der Waals surface area (Å²) >= 11 is 1.51. The number of fused-ring (bicyclic) bond motifs is 2. The van der Waals surface area contributed by atoms with E-state index in [1.807, 2.05) is 13.1 Å². The van der Waals surface area contributed by atoms with Gasteiger partial charge in [0.2, 0.25) is 4.96 Å². The van der Waals surface area contributed by atoms with Crippen molar-refractivity contribution in [3.8, 4) is 23.0 Å². The molecule has 0 radical (unpaired) electrons. The van der Waals surface area contributed by atoms with Gasteiger partial charge >= 0.3 is 0 Å². The minimum Gasteiger partial charge on any atom is -0.507 e. The average molecular weight is 301 g/mol. The molecule has 0 aliphatic carbocycles. The molecular formula is C14H11N3O3S. The zero-order chi connectivity index (χ0) is 14.6. The fourth-order valence-corrected chi connectivity index (χ4v) is 2.98. The molecule has 106 valence electrons. The maximum atomic E-state index is 10.0. The van der Waals surface area contributed by atoms with E-state index in [0.717, 1.165) is 9.97 Å². The van der Waals surface area contributed by atoms with E-state index < -0.39 is 0 Å². The smallest absolute Gasteiger partial charge is 0.212 e. The Balaban J connectivity index is 1.89. The van der Waals surface area contributed by atoms with Gasteiger partial charge < -0.3 is 14.3 Å². The predicted molar refractivity (Wildman–Crippen MR) is 79.0 cm³/mol. The Morgan fingerprint density at radius 3 is 2.95 bits per heavy atom. The third-order valence-corrected chi connectivity index (χ3v) is 4.06. The fraction of sp³-hybridized carbons (Fsp3) is 0.143. The molecule has 3 heterocycles. The van der Waals surface area contributed by atoms with Crippen LogP contribution in [0, 0.1) is 6.92 Å². The number of phenols is 1. The lowest BCUT2D eigenvalue weighted by molar-refractivity contribution is 0.408. The van der Waals surface area contributed by atoms with Gasteiger partial charge in [-0.1, -0.05) is 11.3 Å². The van der Waals surface area contributed by atoms with E-state index in [2.05, 4.69) is 10.1 Å². The largest absolute Gasteiger partial charge is 0.507 e. The van der Waals surface area contributed by atoms with Gasteiger partial charge in [-0.2, -0.15) is 5.10 Å². The number of aromatic nitrogens is 3. The van der Waals surface area contributed by atoms with Gasteiger partial charge in [-0.15, -0.1) is 0 Å². The van der Waals surface area contributed by atoms with Crippen LogP contribution in [0.25, 0.3) is 27.4 Å². The van der Waals surface area contributed by atoms with Crippen LogP contribution >= 0.6 is 11.3 Å². The Hall–Kier alpha value is -2.54. The van der Waals surface area contributed by atoms with E-state index in [0.29, 0.717) is 28.2 Å². The Kier molecular flexibility index (Phi) is 2.46. The van der Waals surface area contributed by atoms with Gasteiger partial charge in [-0.25, -0.2) is 9.50 Å². The molecular weight excluding hydrogens is 290 g/mol. The summed E-state index contributed by atoms with van der Waals surface area (Å²) in [5, 5.41) is 15.9. The Labute approximate surface area is 123 Å². The summed E-state index contributed by atoms with van der Waals surface area (Å²) < 4.78 is 12.6. The van der Waals surface area contributed by atoms with E-state index in [-0.39, 0.29) is 5.75 Å². The summed E-state index contributed by atoms with van der Waals surface area (Å²) in [4.78, 5) is 5.29. The summed E-state index contributed by atoms with van der Waals surface area (Å²) in [6.07, 6.45) is 1.81. The van der Waals surface area contributed by atoms with Crippen molar-refractivity contribution >= 4 is 27.3 Å². The first kappa shape index (κ1) is 12.2. The van der Waals surface area contributed by atoms with Crippen molar-refractivity contribution in [1.29, 1.82) is 0 Å². The van der Waals surface area contributed by atoms with Crippen molar-refractivity contribution in [2.24, 2.45) is 0 Å². The molecule has 0 saturated heterocycles. The molecule has 0 amide bonds. The number of nitrogens with zero attached hydrogens (tertiary/aromatic N) is 3. The zero-order valence-electron chi connectivity index (χ0n) is 11.3. The minimum atomic E-state index is 0.120. The highest BCUT2D eigenvalue weighted by Gasteiger charge is 2.15. The summed E-state index contributed by atoms with van der Waals surface area (Å²) in [6, 6.07) is 5.06. The third-order valence-electron chi connectivity index (χ3n) is 3.22. The van der Waals surface area contributed by atoms with Gasteiger partial charge in [0.1, 0.15) is 27.8 Å². The number of imidazole rings is 1. The number of hydrogen-bond donors (Lipinski definition) is 1. The monoisotopic (exact) mass is 301 g/mol. The van der Waals surface area contributed by atoms with Crippen LogP contribution in [0.4, 0.5) is 0 Å². The second-order valence-electron chi connectivity index (χ2n) is 4.64. The summed E-state index contributed by atoms with van der Waals surface area (Å²) in [5.74, 6) is 1.25. The van der Waals surface area contributed by atoms with Crippen molar-refractivity contribution in [2.45, 2.75) is 6.92 Å². The number of aromatic hydroxyl groups is 1. The Morgan fingerprint density at radius 2 is 2.19 bits per heavy atom. The van der Waals surface area contributed by atoms with Crippen molar-refractivity contribution < 1.29 is 14.3 Å². The van der Waals surface area contributed by atoms with Crippen LogP contribution < -0.4 is 4.74 Å². The molecule has 3 aromatic heterocycles. The van der Waals surface area contributed by atoms with Crippen molar-refractivity contribution in [3.63, 3.8) is 0 Å². The number of phenolic OH excluding ortho intramolecular Hbond substituents is 1. The molecule has 4 aromatic rings. The Bertz CT molecular complexity index is 935. The van der Waals surface area contributed by atoms with E-state index in [1.54, 1.807) is 29.8 Å². The standard InChI is InChI=1S/C14H11N3O3S/c1-7-16-17-6-10(15-14(17)21-7)13-5-9-11(18)3-8(19-2)4-12(9)20-13/h3-6,18H,1-2H3. The molecule has 1 aromatic carbocycles. The van der Waals surface area contributed by atoms with Crippen LogP contribution in [0.5, 0.6) is 11.5 Å². The number of hydrogen-bond acceptors (Lipinski definition) is 6. The molecule has 0 fully saturated rings. The SMILES string of the molecule is COc1cc(O)c2cc(-c3cn4nc(C)sc4n3)oc2c1. The van der Waals surface area contributed by atoms with E-state index >= 15 is 0 Å². The van der Waals surface area contributed by atoms with Gasteiger partial charge in [0, 0.05) is 12.1 Å². The first-order chi connectivity index (χ1) is 10.1. The van der Waals surface area contributed by atoms with Gasteiger partial charge in [0.15, 0.2) is 5.76 Å². The quantitative estimate of drug-likeness (QED) is 0.615. The van der Waals surface area contributed by atoms with E-state index in [1.165, 1.54) is 11.3 Å². The summed E-state index contributed by atoms with van der Waals surface area (Å²) in [7, 11) is 1.54. The molecule has 0 unspecified atom stereocenters. The second-order valence-corrected chi connectivity index (χ2v) is 5.80. The minimum absolute atomic E-state index is 0.120. The van der Waals surface area contributed by atoms with Crippen LogP contribution in [-0.4, -0.2) is 26.8 Å². The first-order valence-corrected chi connectivity index (χ1v) is 7.09. The summed E-state index contributed by atoms with van der Waals surface area (Å²) in [5.41, 5.74) is 1.24. The normalized spacial score (nSPS) is 11.5. The van der Waals surface area contributed by atoms with E-state index in [4.69, 9.17) is 9.15 Å². The third kappa shape index (κ3) is 1.85. The van der Waals surface area contributed by atoms with Gasteiger partial charge in [0.25, 0.3) is 0 Å². The molecule has 0 aliphatic heterocycles. The maximum absolute atomic E-state index is 10.0. The van der Waals surface area contributed by atoms with Gasteiger partial charge in [-0.05, 0) is 13.0 Å². The summed E-state index contributed by atoms with van der Waals surface area (Å²) in [6.45, 7) is 1.94. The lowest BCUT2D eigenvalue weighted by atomic mass is 10.2. The second kappa shape index (κ2) is 4.23.